The maximum Gasteiger partial charge on any atom is 0.267 e. The first-order valence-electron chi connectivity index (χ1n) is 8.97. The molecule has 1 unspecified atom stereocenters. The maximum absolute atomic E-state index is 12.0. The fraction of sp³-hybridized carbons (Fsp3) is 0.941. The number of quaternary nitrogens is 1. The van der Waals surface area contributed by atoms with Gasteiger partial charge in [-0.05, 0) is 6.42 Å². The van der Waals surface area contributed by atoms with Gasteiger partial charge in [0.1, 0.15) is 12.6 Å². The standard InChI is InChI=1S/C17H35NO5S/c1-5-6-7-8-9-10-11-12-13-24(21,22)23-16(14-17(19)20)15-18(2,3)4/h16H,5-15H2,1-4H3. The number of aliphatic carboxylic acids is 1. The number of likely N-dealkylation sites (N-methyl/N-ethyl adjacent to an activating group) is 1. The predicted octanol–water partition coefficient (Wildman–Crippen LogP) is 1.69. The molecular formula is C17H35NO5S. The molecule has 0 aliphatic heterocycles. The monoisotopic (exact) mass is 365 g/mol. The normalized spacial score (nSPS) is 13.8. The van der Waals surface area contributed by atoms with Crippen LogP contribution < -0.4 is 5.11 Å². The van der Waals surface area contributed by atoms with Gasteiger partial charge < -0.3 is 14.4 Å². The molecular weight excluding hydrogens is 330 g/mol. The number of hydrogen-bond acceptors (Lipinski definition) is 5. The van der Waals surface area contributed by atoms with Crippen LogP contribution in [0.5, 0.6) is 0 Å². The van der Waals surface area contributed by atoms with Crippen LogP contribution in [0.1, 0.15) is 64.7 Å². The minimum absolute atomic E-state index is 0.0529. The topological polar surface area (TPSA) is 83.5 Å². The molecule has 0 aromatic rings. The van der Waals surface area contributed by atoms with Gasteiger partial charge in [-0.15, -0.1) is 0 Å². The Balaban J connectivity index is 4.16. The van der Waals surface area contributed by atoms with E-state index >= 15 is 0 Å². The Kier molecular flexibility index (Phi) is 11.5. The smallest absolute Gasteiger partial charge is 0.267 e. The van der Waals surface area contributed by atoms with Crippen LogP contribution in [0.4, 0.5) is 0 Å². The Labute approximate surface area is 147 Å². The summed E-state index contributed by atoms with van der Waals surface area (Å²) < 4.78 is 29.6. The molecule has 6 nitrogen and oxygen atoms in total. The lowest BCUT2D eigenvalue weighted by Crippen LogP contribution is -2.45. The average molecular weight is 366 g/mol. The average Bonchev–Trinajstić information content (AvgIpc) is 2.38. The Bertz CT molecular complexity index is 442. The molecule has 0 aliphatic carbocycles. The van der Waals surface area contributed by atoms with Crippen LogP contribution in [-0.4, -0.2) is 58.4 Å². The quantitative estimate of drug-likeness (QED) is 0.250. The van der Waals surface area contributed by atoms with Crippen molar-refractivity contribution in [1.29, 1.82) is 0 Å². The molecule has 0 bridgehead atoms. The van der Waals surface area contributed by atoms with E-state index < -0.39 is 28.6 Å². The third kappa shape index (κ3) is 14.9. The van der Waals surface area contributed by atoms with Gasteiger partial charge in [0, 0.05) is 12.4 Å². The van der Waals surface area contributed by atoms with E-state index in [1.807, 2.05) is 21.1 Å². The van der Waals surface area contributed by atoms with Crippen LogP contribution in [0, 0.1) is 0 Å². The second-order valence-electron chi connectivity index (χ2n) is 7.50. The van der Waals surface area contributed by atoms with Gasteiger partial charge in [-0.25, -0.2) is 0 Å². The molecule has 1 atom stereocenters. The van der Waals surface area contributed by atoms with E-state index in [1.165, 1.54) is 25.7 Å². The Morgan fingerprint density at radius 2 is 1.50 bits per heavy atom. The number of carboxylic acids is 1. The highest BCUT2D eigenvalue weighted by atomic mass is 32.2. The Morgan fingerprint density at radius 3 is 1.96 bits per heavy atom. The number of rotatable bonds is 15. The summed E-state index contributed by atoms with van der Waals surface area (Å²) in [6.07, 6.45) is 7.21. The van der Waals surface area contributed by atoms with Gasteiger partial charge in [0.05, 0.1) is 26.9 Å². The zero-order valence-corrected chi connectivity index (χ0v) is 16.6. The minimum Gasteiger partial charge on any atom is -0.550 e. The van der Waals surface area contributed by atoms with E-state index in [4.69, 9.17) is 4.18 Å². The largest absolute Gasteiger partial charge is 0.550 e. The van der Waals surface area contributed by atoms with Crippen LogP contribution >= 0.6 is 0 Å². The van der Waals surface area contributed by atoms with Crippen LogP contribution in [0.25, 0.3) is 0 Å². The summed E-state index contributed by atoms with van der Waals surface area (Å²) in [6.45, 7) is 2.47. The van der Waals surface area contributed by atoms with Crippen molar-refractivity contribution in [1.82, 2.24) is 0 Å². The number of nitrogens with zero attached hydrogens (tertiary/aromatic N) is 1. The molecule has 24 heavy (non-hydrogen) atoms. The van der Waals surface area contributed by atoms with E-state index in [0.29, 0.717) is 17.4 Å². The summed E-state index contributed by atoms with van der Waals surface area (Å²) in [5.41, 5.74) is 0. The predicted molar refractivity (Wildman–Crippen MR) is 93.8 cm³/mol. The fourth-order valence-corrected chi connectivity index (χ4v) is 3.79. The zero-order chi connectivity index (χ0) is 18.6. The highest BCUT2D eigenvalue weighted by Crippen LogP contribution is 2.12. The zero-order valence-electron chi connectivity index (χ0n) is 15.8. The first-order chi connectivity index (χ1) is 11.1. The highest BCUT2D eigenvalue weighted by Gasteiger charge is 2.25. The second kappa shape index (κ2) is 11.8. The van der Waals surface area contributed by atoms with Crippen LogP contribution in [0.3, 0.4) is 0 Å². The van der Waals surface area contributed by atoms with Crippen LogP contribution in [0.15, 0.2) is 0 Å². The molecule has 0 fully saturated rings. The summed E-state index contributed by atoms with van der Waals surface area (Å²) in [5, 5.41) is 10.8. The van der Waals surface area contributed by atoms with E-state index in [9.17, 15) is 18.3 Å². The lowest BCUT2D eigenvalue weighted by Gasteiger charge is -2.29. The third-order valence-corrected chi connectivity index (χ3v) is 5.03. The van der Waals surface area contributed by atoms with E-state index in [0.717, 1.165) is 19.3 Å². The number of carbonyl (C=O) groups is 1. The van der Waals surface area contributed by atoms with Gasteiger partial charge in [-0.3, -0.25) is 4.18 Å². The van der Waals surface area contributed by atoms with Crippen molar-refractivity contribution in [3.05, 3.63) is 0 Å². The molecule has 0 spiro atoms. The summed E-state index contributed by atoms with van der Waals surface area (Å²) in [6, 6.07) is 0. The van der Waals surface area contributed by atoms with Gasteiger partial charge in [0.25, 0.3) is 10.1 Å². The van der Waals surface area contributed by atoms with E-state index in [-0.39, 0.29) is 5.75 Å². The number of unbranched alkanes of at least 4 members (excludes halogenated alkanes) is 7. The van der Waals surface area contributed by atoms with Crippen molar-refractivity contribution in [3.63, 3.8) is 0 Å². The van der Waals surface area contributed by atoms with Crippen LogP contribution in [-0.2, 0) is 19.1 Å². The number of carbonyl (C=O) groups excluding carboxylic acids is 1. The number of carboxylic acid groups (broad SMARTS) is 1. The first-order valence-corrected chi connectivity index (χ1v) is 10.5. The third-order valence-electron chi connectivity index (χ3n) is 3.68. The van der Waals surface area contributed by atoms with E-state index in [1.54, 1.807) is 0 Å². The Hall–Kier alpha value is -0.660. The summed E-state index contributed by atoms with van der Waals surface area (Å²) in [7, 11) is 1.87. The second-order valence-corrected chi connectivity index (χ2v) is 9.22. The number of hydrogen-bond donors (Lipinski definition) is 0. The van der Waals surface area contributed by atoms with Gasteiger partial charge in [0.15, 0.2) is 0 Å². The SMILES string of the molecule is CCCCCCCCCCS(=O)(=O)OC(CC(=O)[O-])C[N+](C)(C)C. The summed E-state index contributed by atoms with van der Waals surface area (Å²) in [5.74, 6) is -1.35. The molecule has 144 valence electrons. The minimum atomic E-state index is -3.70. The molecule has 0 aromatic carbocycles. The lowest BCUT2D eigenvalue weighted by atomic mass is 10.1. The maximum atomic E-state index is 12.0. The molecule has 0 saturated carbocycles. The highest BCUT2D eigenvalue weighted by molar-refractivity contribution is 7.86. The molecule has 0 amide bonds. The first kappa shape index (κ1) is 23.3. The van der Waals surface area contributed by atoms with Gasteiger partial charge in [0.2, 0.25) is 0 Å². The van der Waals surface area contributed by atoms with Crippen molar-refractivity contribution in [2.75, 3.05) is 33.4 Å². The van der Waals surface area contributed by atoms with Crippen molar-refractivity contribution in [2.24, 2.45) is 0 Å². The molecule has 0 aliphatic rings. The van der Waals surface area contributed by atoms with E-state index in [2.05, 4.69) is 6.92 Å². The molecule has 7 heteroatoms. The molecule has 0 N–H and O–H groups in total. The van der Waals surface area contributed by atoms with Gasteiger partial charge in [-0.1, -0.05) is 51.9 Å². The summed E-state index contributed by atoms with van der Waals surface area (Å²) >= 11 is 0. The fourth-order valence-electron chi connectivity index (χ4n) is 2.59. The molecule has 0 heterocycles. The lowest BCUT2D eigenvalue weighted by molar-refractivity contribution is -0.873. The van der Waals surface area contributed by atoms with Crippen molar-refractivity contribution in [2.45, 2.75) is 70.8 Å². The molecule has 0 rings (SSSR count). The van der Waals surface area contributed by atoms with Gasteiger partial charge in [-0.2, -0.15) is 8.42 Å². The van der Waals surface area contributed by atoms with Crippen molar-refractivity contribution >= 4 is 16.1 Å². The van der Waals surface area contributed by atoms with Crippen LogP contribution in [0.2, 0.25) is 0 Å². The summed E-state index contributed by atoms with van der Waals surface area (Å²) in [4.78, 5) is 10.8. The molecule has 0 saturated heterocycles. The molecule has 0 aromatic heterocycles. The van der Waals surface area contributed by atoms with Crippen molar-refractivity contribution < 1.29 is 27.0 Å². The Morgan fingerprint density at radius 1 is 1.00 bits per heavy atom. The van der Waals surface area contributed by atoms with Gasteiger partial charge >= 0.3 is 0 Å². The molecule has 0 radical (unpaired) electrons. The van der Waals surface area contributed by atoms with Crippen molar-refractivity contribution in [3.8, 4) is 0 Å².